The molecule has 0 radical (unpaired) electrons. The van der Waals surface area contributed by atoms with Gasteiger partial charge in [0.25, 0.3) is 0 Å². The minimum Gasteiger partial charge on any atom is -0.383 e. The second-order valence-electron chi connectivity index (χ2n) is 9.61. The van der Waals surface area contributed by atoms with E-state index in [9.17, 15) is 13.6 Å². The van der Waals surface area contributed by atoms with Gasteiger partial charge in [0.05, 0.1) is 18.3 Å². The lowest BCUT2D eigenvalue weighted by molar-refractivity contribution is 0.159. The first-order valence-corrected chi connectivity index (χ1v) is 12.3. The van der Waals surface area contributed by atoms with Gasteiger partial charge in [0, 0.05) is 56.2 Å². The number of methoxy groups -OCH3 is 1. The fraction of sp³-hybridized carbons (Fsp3) is 0.393. The summed E-state index contributed by atoms with van der Waals surface area (Å²) in [5.41, 5.74) is 4.34. The maximum absolute atomic E-state index is 14.0. The van der Waals surface area contributed by atoms with Crippen molar-refractivity contribution in [3.8, 4) is 11.1 Å². The molecule has 1 saturated heterocycles. The number of benzene rings is 2. The summed E-state index contributed by atoms with van der Waals surface area (Å²) >= 11 is 0. The van der Waals surface area contributed by atoms with Gasteiger partial charge in [0.2, 0.25) is 0 Å². The van der Waals surface area contributed by atoms with Crippen LogP contribution in [-0.2, 0) is 4.74 Å². The molecule has 8 heteroatoms. The average molecular weight is 497 g/mol. The van der Waals surface area contributed by atoms with Crippen LogP contribution < -0.4 is 10.6 Å². The SMILES string of the molecule is COCCN1C[C@@H](NC(=O)Nc2c(-c3ccccc3)cn(C(C)C)c2C)[C@H](c2ccc(F)c(F)c2)C1. The number of nitrogens with zero attached hydrogens (tertiary/aromatic N) is 2. The lowest BCUT2D eigenvalue weighted by atomic mass is 9.94. The molecule has 192 valence electrons. The van der Waals surface area contributed by atoms with Crippen molar-refractivity contribution in [3.05, 3.63) is 77.6 Å². The summed E-state index contributed by atoms with van der Waals surface area (Å²) in [6.45, 7) is 8.62. The molecule has 36 heavy (non-hydrogen) atoms. The maximum atomic E-state index is 14.0. The smallest absolute Gasteiger partial charge is 0.319 e. The zero-order valence-electron chi connectivity index (χ0n) is 21.2. The Bertz CT molecular complexity index is 1200. The first-order chi connectivity index (χ1) is 17.3. The zero-order chi connectivity index (χ0) is 25.8. The van der Waals surface area contributed by atoms with E-state index < -0.39 is 11.6 Å². The summed E-state index contributed by atoms with van der Waals surface area (Å²) in [4.78, 5) is 15.5. The van der Waals surface area contributed by atoms with E-state index in [-0.39, 0.29) is 24.0 Å². The van der Waals surface area contributed by atoms with Gasteiger partial charge in [-0.2, -0.15) is 0 Å². The minimum absolute atomic E-state index is 0.183. The highest BCUT2D eigenvalue weighted by molar-refractivity contribution is 5.96. The highest BCUT2D eigenvalue weighted by Crippen LogP contribution is 2.35. The van der Waals surface area contributed by atoms with Gasteiger partial charge < -0.3 is 19.9 Å². The van der Waals surface area contributed by atoms with Crippen LogP contribution >= 0.6 is 0 Å². The van der Waals surface area contributed by atoms with Crippen LogP contribution in [0.3, 0.4) is 0 Å². The number of nitrogens with one attached hydrogen (secondary N) is 2. The second-order valence-corrected chi connectivity index (χ2v) is 9.61. The summed E-state index contributed by atoms with van der Waals surface area (Å²) in [5, 5.41) is 6.18. The van der Waals surface area contributed by atoms with Crippen molar-refractivity contribution < 1.29 is 18.3 Å². The number of hydrogen-bond donors (Lipinski definition) is 2. The third-order valence-electron chi connectivity index (χ3n) is 6.86. The summed E-state index contributed by atoms with van der Waals surface area (Å²) in [6, 6.07) is 13.5. The molecule has 2 amide bonds. The molecule has 2 N–H and O–H groups in total. The normalized spacial score (nSPS) is 18.1. The fourth-order valence-corrected chi connectivity index (χ4v) is 4.99. The Morgan fingerprint density at radius 2 is 1.86 bits per heavy atom. The Hall–Kier alpha value is -3.23. The van der Waals surface area contributed by atoms with E-state index >= 15 is 0 Å². The third kappa shape index (κ3) is 5.60. The van der Waals surface area contributed by atoms with Gasteiger partial charge in [0.15, 0.2) is 11.6 Å². The van der Waals surface area contributed by atoms with Crippen molar-refractivity contribution in [3.63, 3.8) is 0 Å². The monoisotopic (exact) mass is 496 g/mol. The molecule has 1 aliphatic heterocycles. The Morgan fingerprint density at radius 3 is 2.53 bits per heavy atom. The van der Waals surface area contributed by atoms with Gasteiger partial charge in [0.1, 0.15) is 0 Å². The van der Waals surface area contributed by atoms with Gasteiger partial charge in [-0.05, 0) is 44.0 Å². The number of anilines is 1. The minimum atomic E-state index is -0.885. The molecule has 0 saturated carbocycles. The molecule has 3 aromatic rings. The van der Waals surface area contributed by atoms with Crippen LogP contribution in [0.4, 0.5) is 19.3 Å². The van der Waals surface area contributed by atoms with Crippen LogP contribution in [0.25, 0.3) is 11.1 Å². The van der Waals surface area contributed by atoms with Crippen LogP contribution in [0.5, 0.6) is 0 Å². The first-order valence-electron chi connectivity index (χ1n) is 12.3. The lowest BCUT2D eigenvalue weighted by Gasteiger charge is -2.21. The first kappa shape index (κ1) is 25.9. The molecule has 2 heterocycles. The molecule has 4 rings (SSSR count). The number of carbonyl (C=O) groups is 1. The standard InChI is InChI=1S/C28H34F2N4O2/c1-18(2)34-16-23(20-8-6-5-7-9-20)27(19(34)3)32-28(35)31-26-17-33(12-13-36-4)15-22(26)21-10-11-24(29)25(30)14-21/h5-11,14,16,18,22,26H,12-13,15,17H2,1-4H3,(H2,31,32,35)/t22-,26+/m0/s1. The van der Waals surface area contributed by atoms with Crippen molar-refractivity contribution >= 4 is 11.7 Å². The summed E-state index contributed by atoms with van der Waals surface area (Å²) < 4.78 is 34.9. The van der Waals surface area contributed by atoms with E-state index in [2.05, 4.69) is 40.1 Å². The number of aromatic nitrogens is 1. The highest BCUT2D eigenvalue weighted by atomic mass is 19.2. The summed E-state index contributed by atoms with van der Waals surface area (Å²) in [6.07, 6.45) is 2.07. The number of amides is 2. The Balaban J connectivity index is 1.57. The lowest BCUT2D eigenvalue weighted by Crippen LogP contribution is -2.42. The molecular weight excluding hydrogens is 462 g/mol. The van der Waals surface area contributed by atoms with Gasteiger partial charge >= 0.3 is 6.03 Å². The third-order valence-corrected chi connectivity index (χ3v) is 6.86. The van der Waals surface area contributed by atoms with Gasteiger partial charge in [-0.1, -0.05) is 36.4 Å². The van der Waals surface area contributed by atoms with Gasteiger partial charge in [-0.25, -0.2) is 13.6 Å². The number of likely N-dealkylation sites (tertiary alicyclic amines) is 1. The number of hydrogen-bond acceptors (Lipinski definition) is 3. The molecule has 0 bridgehead atoms. The molecule has 0 spiro atoms. The van der Waals surface area contributed by atoms with Crippen LogP contribution in [0, 0.1) is 18.6 Å². The number of ether oxygens (including phenoxy) is 1. The molecule has 6 nitrogen and oxygen atoms in total. The number of carbonyl (C=O) groups excluding carboxylic acids is 1. The average Bonchev–Trinajstić information content (AvgIpc) is 3.41. The number of rotatable bonds is 8. The Labute approximate surface area is 211 Å². The molecule has 0 unspecified atom stereocenters. The van der Waals surface area contributed by atoms with E-state index in [0.29, 0.717) is 31.8 Å². The van der Waals surface area contributed by atoms with E-state index in [1.807, 2.05) is 37.3 Å². The molecule has 2 atom stereocenters. The molecular formula is C28H34F2N4O2. The topological polar surface area (TPSA) is 58.5 Å². The van der Waals surface area contributed by atoms with Crippen molar-refractivity contribution in [1.82, 2.24) is 14.8 Å². The Morgan fingerprint density at radius 1 is 1.11 bits per heavy atom. The summed E-state index contributed by atoms with van der Waals surface area (Å²) in [7, 11) is 1.64. The van der Waals surface area contributed by atoms with Gasteiger partial charge in [-0.15, -0.1) is 0 Å². The quantitative estimate of drug-likeness (QED) is 0.429. The fourth-order valence-electron chi connectivity index (χ4n) is 4.99. The predicted molar refractivity (Wildman–Crippen MR) is 138 cm³/mol. The van der Waals surface area contributed by atoms with E-state index in [1.165, 1.54) is 6.07 Å². The maximum Gasteiger partial charge on any atom is 0.319 e. The summed E-state index contributed by atoms with van der Waals surface area (Å²) in [5.74, 6) is -1.95. The molecule has 1 aromatic heterocycles. The number of urea groups is 1. The van der Waals surface area contributed by atoms with E-state index in [0.717, 1.165) is 28.6 Å². The van der Waals surface area contributed by atoms with Crippen molar-refractivity contribution in [1.29, 1.82) is 0 Å². The zero-order valence-corrected chi connectivity index (χ0v) is 21.2. The molecule has 2 aromatic carbocycles. The van der Waals surface area contributed by atoms with E-state index in [1.54, 1.807) is 13.2 Å². The van der Waals surface area contributed by atoms with Crippen LogP contribution in [-0.4, -0.2) is 54.9 Å². The van der Waals surface area contributed by atoms with Crippen LogP contribution in [0.2, 0.25) is 0 Å². The molecule has 1 aliphatic rings. The second kappa shape index (κ2) is 11.2. The highest BCUT2D eigenvalue weighted by Gasteiger charge is 2.35. The van der Waals surface area contributed by atoms with Crippen LogP contribution in [0.15, 0.2) is 54.7 Å². The predicted octanol–water partition coefficient (Wildman–Crippen LogP) is 5.56. The molecule has 0 aliphatic carbocycles. The van der Waals surface area contributed by atoms with E-state index in [4.69, 9.17) is 4.74 Å². The molecule has 1 fully saturated rings. The van der Waals surface area contributed by atoms with Gasteiger partial charge in [-0.3, -0.25) is 4.90 Å². The van der Waals surface area contributed by atoms with Crippen molar-refractivity contribution in [2.75, 3.05) is 38.7 Å². The van der Waals surface area contributed by atoms with Crippen molar-refractivity contribution in [2.45, 2.75) is 38.8 Å². The largest absolute Gasteiger partial charge is 0.383 e. The van der Waals surface area contributed by atoms with Crippen LogP contribution in [0.1, 0.15) is 37.1 Å². The van der Waals surface area contributed by atoms with Crippen molar-refractivity contribution in [2.24, 2.45) is 0 Å². The Kier molecular flexibility index (Phi) is 8.06. The number of halogens is 2.